The van der Waals surface area contributed by atoms with Crippen LogP contribution in [-0.2, 0) is 0 Å². The van der Waals surface area contributed by atoms with Crippen molar-refractivity contribution in [3.8, 4) is 5.75 Å². The molecule has 1 aliphatic rings. The molecule has 0 aromatic heterocycles. The van der Waals surface area contributed by atoms with Crippen molar-refractivity contribution < 1.29 is 9.13 Å². The molecule has 2 aromatic rings. The van der Waals surface area contributed by atoms with E-state index in [1.54, 1.807) is 31.0 Å². The van der Waals surface area contributed by atoms with Gasteiger partial charge in [0, 0.05) is 9.79 Å². The summed E-state index contributed by atoms with van der Waals surface area (Å²) in [4.78, 5) is 2.18. The van der Waals surface area contributed by atoms with Crippen LogP contribution in [0.5, 0.6) is 5.75 Å². The lowest BCUT2D eigenvalue weighted by Gasteiger charge is -2.25. The van der Waals surface area contributed by atoms with Crippen molar-refractivity contribution >= 4 is 11.8 Å². The molecule has 4 heteroatoms. The van der Waals surface area contributed by atoms with E-state index in [4.69, 9.17) is 4.74 Å². The quantitative estimate of drug-likeness (QED) is 0.873. The summed E-state index contributed by atoms with van der Waals surface area (Å²) in [5.41, 5.74) is 2.42. The van der Waals surface area contributed by atoms with Gasteiger partial charge in [-0.1, -0.05) is 17.8 Å². The van der Waals surface area contributed by atoms with E-state index in [1.165, 1.54) is 5.56 Å². The molecule has 23 heavy (non-hydrogen) atoms. The van der Waals surface area contributed by atoms with E-state index in [0.717, 1.165) is 47.0 Å². The third kappa shape index (κ3) is 3.88. The van der Waals surface area contributed by atoms with Gasteiger partial charge in [0.2, 0.25) is 0 Å². The Morgan fingerprint density at radius 3 is 2.57 bits per heavy atom. The second-order valence-corrected chi connectivity index (χ2v) is 7.02. The highest BCUT2D eigenvalue weighted by Crippen LogP contribution is 2.39. The van der Waals surface area contributed by atoms with Crippen LogP contribution in [0.4, 0.5) is 4.39 Å². The molecule has 1 saturated heterocycles. The summed E-state index contributed by atoms with van der Waals surface area (Å²) in [7, 11) is 1.67. The van der Waals surface area contributed by atoms with Crippen LogP contribution in [-0.4, -0.2) is 20.2 Å². The SMILES string of the molecule is COc1ccc(Sc2cc(F)ccc2C2CCNCC2)c(C)c1. The maximum atomic E-state index is 13.8. The minimum absolute atomic E-state index is 0.170. The first-order chi connectivity index (χ1) is 11.2. The fourth-order valence-corrected chi connectivity index (χ4v) is 4.17. The fraction of sp³-hybridized carbons (Fsp3) is 0.368. The van der Waals surface area contributed by atoms with Gasteiger partial charge in [0.1, 0.15) is 11.6 Å². The Hall–Kier alpha value is -1.52. The van der Waals surface area contributed by atoms with Crippen LogP contribution >= 0.6 is 11.8 Å². The number of hydrogen-bond donors (Lipinski definition) is 1. The van der Waals surface area contributed by atoms with E-state index in [1.807, 2.05) is 18.2 Å². The summed E-state index contributed by atoms with van der Waals surface area (Å²) >= 11 is 1.65. The van der Waals surface area contributed by atoms with Gasteiger partial charge in [0.15, 0.2) is 0 Å². The number of piperidine rings is 1. The minimum atomic E-state index is -0.170. The highest BCUT2D eigenvalue weighted by atomic mass is 32.2. The lowest BCUT2D eigenvalue weighted by Crippen LogP contribution is -2.26. The zero-order chi connectivity index (χ0) is 16.2. The Morgan fingerprint density at radius 2 is 1.87 bits per heavy atom. The molecule has 0 radical (unpaired) electrons. The predicted octanol–water partition coefficient (Wildman–Crippen LogP) is 4.76. The Bertz CT molecular complexity index is 683. The van der Waals surface area contributed by atoms with Gasteiger partial charge in [-0.05, 0) is 80.2 Å². The van der Waals surface area contributed by atoms with E-state index >= 15 is 0 Å². The van der Waals surface area contributed by atoms with Gasteiger partial charge in [-0.3, -0.25) is 0 Å². The first-order valence-electron chi connectivity index (χ1n) is 8.00. The van der Waals surface area contributed by atoms with Gasteiger partial charge < -0.3 is 10.1 Å². The van der Waals surface area contributed by atoms with E-state index in [0.29, 0.717) is 5.92 Å². The van der Waals surface area contributed by atoms with E-state index in [-0.39, 0.29) is 5.82 Å². The van der Waals surface area contributed by atoms with Gasteiger partial charge in [0.25, 0.3) is 0 Å². The molecule has 0 atom stereocenters. The third-order valence-corrected chi connectivity index (χ3v) is 5.61. The molecule has 1 heterocycles. The van der Waals surface area contributed by atoms with Crippen molar-refractivity contribution in [2.75, 3.05) is 20.2 Å². The molecular formula is C19H22FNOS. The molecule has 3 rings (SSSR count). The predicted molar refractivity (Wildman–Crippen MR) is 93.1 cm³/mol. The van der Waals surface area contributed by atoms with Crippen molar-refractivity contribution in [3.05, 3.63) is 53.3 Å². The molecule has 0 spiro atoms. The molecule has 2 aromatic carbocycles. The summed E-state index contributed by atoms with van der Waals surface area (Å²) in [6, 6.07) is 11.3. The number of aryl methyl sites for hydroxylation is 1. The summed E-state index contributed by atoms with van der Waals surface area (Å²) in [6.07, 6.45) is 2.22. The van der Waals surface area contributed by atoms with Crippen molar-refractivity contribution in [2.24, 2.45) is 0 Å². The van der Waals surface area contributed by atoms with Gasteiger partial charge in [-0.15, -0.1) is 0 Å². The zero-order valence-corrected chi connectivity index (χ0v) is 14.4. The molecule has 0 aliphatic carbocycles. The van der Waals surface area contributed by atoms with E-state index in [9.17, 15) is 4.39 Å². The van der Waals surface area contributed by atoms with Gasteiger partial charge >= 0.3 is 0 Å². The fourth-order valence-electron chi connectivity index (χ4n) is 3.05. The van der Waals surface area contributed by atoms with Crippen LogP contribution < -0.4 is 10.1 Å². The number of benzene rings is 2. The molecule has 1 N–H and O–H groups in total. The average molecular weight is 331 g/mol. The lowest BCUT2D eigenvalue weighted by molar-refractivity contribution is 0.414. The third-order valence-electron chi connectivity index (χ3n) is 4.36. The average Bonchev–Trinajstić information content (AvgIpc) is 2.57. The molecule has 122 valence electrons. The maximum Gasteiger partial charge on any atom is 0.124 e. The number of halogens is 1. The molecule has 0 unspecified atom stereocenters. The molecule has 2 nitrogen and oxygen atoms in total. The van der Waals surface area contributed by atoms with Crippen molar-refractivity contribution in [1.29, 1.82) is 0 Å². The summed E-state index contributed by atoms with van der Waals surface area (Å²) in [6.45, 7) is 4.13. The largest absolute Gasteiger partial charge is 0.497 e. The first-order valence-corrected chi connectivity index (χ1v) is 8.81. The van der Waals surface area contributed by atoms with Crippen LogP contribution in [0, 0.1) is 12.7 Å². The van der Waals surface area contributed by atoms with E-state index < -0.39 is 0 Å². The summed E-state index contributed by atoms with van der Waals surface area (Å²) in [5.74, 6) is 1.19. The van der Waals surface area contributed by atoms with Crippen LogP contribution in [0.2, 0.25) is 0 Å². The Labute approximate surface area is 141 Å². The highest BCUT2D eigenvalue weighted by Gasteiger charge is 2.19. The van der Waals surface area contributed by atoms with Gasteiger partial charge in [0.05, 0.1) is 7.11 Å². The number of nitrogens with one attached hydrogen (secondary N) is 1. The molecule has 0 bridgehead atoms. The van der Waals surface area contributed by atoms with Crippen molar-refractivity contribution in [2.45, 2.75) is 35.5 Å². The number of methoxy groups -OCH3 is 1. The molecule has 1 aliphatic heterocycles. The highest BCUT2D eigenvalue weighted by molar-refractivity contribution is 7.99. The molecule has 1 fully saturated rings. The Balaban J connectivity index is 1.90. The van der Waals surface area contributed by atoms with E-state index in [2.05, 4.69) is 18.3 Å². The second-order valence-electron chi connectivity index (χ2n) is 5.94. The van der Waals surface area contributed by atoms with Crippen molar-refractivity contribution in [1.82, 2.24) is 5.32 Å². The first kappa shape index (κ1) is 16.3. The molecular weight excluding hydrogens is 309 g/mol. The van der Waals surface area contributed by atoms with Crippen LogP contribution in [0.15, 0.2) is 46.2 Å². The molecule has 0 saturated carbocycles. The normalized spacial score (nSPS) is 15.6. The topological polar surface area (TPSA) is 21.3 Å². The Morgan fingerprint density at radius 1 is 1.09 bits per heavy atom. The second kappa shape index (κ2) is 7.37. The summed E-state index contributed by atoms with van der Waals surface area (Å²) in [5, 5.41) is 3.39. The minimum Gasteiger partial charge on any atom is -0.497 e. The van der Waals surface area contributed by atoms with Crippen molar-refractivity contribution in [3.63, 3.8) is 0 Å². The smallest absolute Gasteiger partial charge is 0.124 e. The monoisotopic (exact) mass is 331 g/mol. The zero-order valence-electron chi connectivity index (χ0n) is 13.6. The van der Waals surface area contributed by atoms with Crippen LogP contribution in [0.25, 0.3) is 0 Å². The van der Waals surface area contributed by atoms with Crippen LogP contribution in [0.3, 0.4) is 0 Å². The van der Waals surface area contributed by atoms with Crippen LogP contribution in [0.1, 0.15) is 29.9 Å². The number of ether oxygens (including phenoxy) is 1. The number of hydrogen-bond acceptors (Lipinski definition) is 3. The Kier molecular flexibility index (Phi) is 5.23. The van der Waals surface area contributed by atoms with Gasteiger partial charge in [-0.25, -0.2) is 4.39 Å². The number of rotatable bonds is 4. The lowest BCUT2D eigenvalue weighted by atomic mass is 9.90. The standard InChI is InChI=1S/C19H22FNOS/c1-13-11-16(22-2)4-6-18(13)23-19-12-15(20)3-5-17(19)14-7-9-21-10-8-14/h3-6,11-12,14,21H,7-10H2,1-2H3. The van der Waals surface area contributed by atoms with Gasteiger partial charge in [-0.2, -0.15) is 0 Å². The molecule has 0 amide bonds. The summed E-state index contributed by atoms with van der Waals surface area (Å²) < 4.78 is 19.1. The maximum absolute atomic E-state index is 13.8.